The van der Waals surface area contributed by atoms with Crippen molar-refractivity contribution in [3.05, 3.63) is 24.3 Å². The molecule has 0 aliphatic carbocycles. The molecule has 94 valence electrons. The fourth-order valence-electron chi connectivity index (χ4n) is 1.64. The zero-order valence-electron chi connectivity index (χ0n) is 11.2. The van der Waals surface area contributed by atoms with Crippen molar-refractivity contribution in [3.63, 3.8) is 0 Å². The van der Waals surface area contributed by atoms with Crippen molar-refractivity contribution in [2.24, 2.45) is 0 Å². The van der Waals surface area contributed by atoms with Crippen molar-refractivity contribution in [3.8, 4) is 0 Å². The summed E-state index contributed by atoms with van der Waals surface area (Å²) < 4.78 is 11.7. The lowest BCUT2D eigenvalue weighted by molar-refractivity contribution is 0.204. The average Bonchev–Trinajstić information content (AvgIpc) is 2.31. The van der Waals surface area contributed by atoms with Gasteiger partial charge >= 0.3 is 8.56 Å². The van der Waals surface area contributed by atoms with E-state index in [0.717, 1.165) is 31.5 Å². The lowest BCUT2D eigenvalue weighted by atomic mass is 10.4. The third-order valence-corrected chi connectivity index (χ3v) is 6.15. The van der Waals surface area contributed by atoms with Gasteiger partial charge in [0.25, 0.3) is 0 Å². The van der Waals surface area contributed by atoms with Crippen molar-refractivity contribution >= 4 is 8.56 Å². The summed E-state index contributed by atoms with van der Waals surface area (Å²) in [5.74, 6) is 0. The third kappa shape index (κ3) is 6.25. The summed E-state index contributed by atoms with van der Waals surface area (Å²) in [7, 11) is -0.168. The maximum Gasteiger partial charge on any atom is 0.341 e. The molecule has 0 spiro atoms. The van der Waals surface area contributed by atoms with Gasteiger partial charge in [0.05, 0.1) is 0 Å². The van der Waals surface area contributed by atoms with Gasteiger partial charge in [-0.25, -0.2) is 0 Å². The topological polar surface area (TPSA) is 18.5 Å². The van der Waals surface area contributed by atoms with Gasteiger partial charge in [-0.1, -0.05) is 37.6 Å². The van der Waals surface area contributed by atoms with Gasteiger partial charge in [0.1, 0.15) is 0 Å². The van der Waals surface area contributed by atoms with Crippen molar-refractivity contribution in [2.75, 3.05) is 13.7 Å². The van der Waals surface area contributed by atoms with Crippen molar-refractivity contribution < 1.29 is 8.85 Å². The van der Waals surface area contributed by atoms with Gasteiger partial charge < -0.3 is 8.85 Å². The molecule has 2 nitrogen and oxygen atoms in total. The maximum atomic E-state index is 6.04. The van der Waals surface area contributed by atoms with E-state index in [-0.39, 0.29) is 0 Å². The van der Waals surface area contributed by atoms with E-state index in [1.54, 1.807) is 7.11 Å². The van der Waals surface area contributed by atoms with Crippen LogP contribution in [0.4, 0.5) is 0 Å². The highest BCUT2D eigenvalue weighted by molar-refractivity contribution is 6.67. The second-order valence-electron chi connectivity index (χ2n) is 3.84. The van der Waals surface area contributed by atoms with E-state index < -0.39 is 8.56 Å². The fourth-order valence-corrected chi connectivity index (χ4v) is 4.44. The molecule has 3 heteroatoms. The first kappa shape index (κ1) is 15.6. The van der Waals surface area contributed by atoms with Crippen molar-refractivity contribution in [1.29, 1.82) is 0 Å². The summed E-state index contributed by atoms with van der Waals surface area (Å²) in [6, 6.07) is 2.04. The molecule has 0 N–H and O–H groups in total. The molecule has 1 atom stereocenters. The van der Waals surface area contributed by atoms with Crippen molar-refractivity contribution in [2.45, 2.75) is 45.7 Å². The summed E-state index contributed by atoms with van der Waals surface area (Å²) in [6.07, 6.45) is 10.5. The van der Waals surface area contributed by atoms with E-state index in [2.05, 4.69) is 31.2 Å². The summed E-state index contributed by atoms with van der Waals surface area (Å²) in [4.78, 5) is 0. The highest BCUT2D eigenvalue weighted by atomic mass is 28.4. The molecule has 0 aromatic heterocycles. The Bertz CT molecular complexity index is 214. The Kier molecular flexibility index (Phi) is 9.58. The molecule has 1 unspecified atom stereocenters. The Hall–Kier alpha value is -0.383. The quantitative estimate of drug-likeness (QED) is 0.345. The molecule has 0 aliphatic rings. The summed E-state index contributed by atoms with van der Waals surface area (Å²) in [5.41, 5.74) is 0. The number of rotatable bonds is 9. The van der Waals surface area contributed by atoms with Crippen LogP contribution in [0.25, 0.3) is 0 Å². The SMILES string of the molecule is CC=CCCO[Si](CC=CC)(CCC)OC. The standard InChI is InChI=1S/C13H26O2Si/c1-5-8-10-11-15-16(14-4,12-7-3)13-9-6-2/h5-6,8-9H,7,10-13H2,1-4H3. The largest absolute Gasteiger partial charge is 0.397 e. The molecule has 0 fully saturated rings. The molecule has 0 rings (SSSR count). The van der Waals surface area contributed by atoms with E-state index in [0.29, 0.717) is 0 Å². The van der Waals surface area contributed by atoms with Crippen LogP contribution in [0.15, 0.2) is 24.3 Å². The smallest absolute Gasteiger partial charge is 0.341 e. The van der Waals surface area contributed by atoms with Gasteiger partial charge in [0.15, 0.2) is 0 Å². The Morgan fingerprint density at radius 1 is 1.12 bits per heavy atom. The molecule has 0 saturated heterocycles. The molecule has 0 aromatic carbocycles. The Morgan fingerprint density at radius 2 is 1.81 bits per heavy atom. The van der Waals surface area contributed by atoms with E-state index in [1.165, 1.54) is 0 Å². The molecule has 0 saturated carbocycles. The van der Waals surface area contributed by atoms with Crippen LogP contribution in [0.1, 0.15) is 33.6 Å². The summed E-state index contributed by atoms with van der Waals surface area (Å²) in [5, 5.41) is 0. The first-order chi connectivity index (χ1) is 7.74. The molecular weight excluding hydrogens is 216 g/mol. The van der Waals surface area contributed by atoms with Gasteiger partial charge in [0.2, 0.25) is 0 Å². The van der Waals surface area contributed by atoms with Gasteiger partial charge in [0, 0.05) is 19.8 Å². The van der Waals surface area contributed by atoms with Gasteiger partial charge in [-0.3, -0.25) is 0 Å². The Morgan fingerprint density at radius 3 is 2.31 bits per heavy atom. The predicted molar refractivity (Wildman–Crippen MR) is 72.9 cm³/mol. The second kappa shape index (κ2) is 9.82. The first-order valence-corrected chi connectivity index (χ1v) is 8.39. The van der Waals surface area contributed by atoms with Crippen molar-refractivity contribution in [1.82, 2.24) is 0 Å². The predicted octanol–water partition coefficient (Wildman–Crippen LogP) is 4.04. The van der Waals surface area contributed by atoms with Crippen LogP contribution in [-0.2, 0) is 8.85 Å². The van der Waals surface area contributed by atoms with E-state index in [9.17, 15) is 0 Å². The number of allylic oxidation sites excluding steroid dienone is 3. The zero-order chi connectivity index (χ0) is 12.3. The highest BCUT2D eigenvalue weighted by Crippen LogP contribution is 2.21. The molecule has 16 heavy (non-hydrogen) atoms. The molecular formula is C13H26O2Si. The van der Waals surface area contributed by atoms with Crippen LogP contribution in [0, 0.1) is 0 Å². The van der Waals surface area contributed by atoms with E-state index in [4.69, 9.17) is 8.85 Å². The minimum Gasteiger partial charge on any atom is -0.397 e. The maximum absolute atomic E-state index is 6.04. The van der Waals surface area contributed by atoms with Gasteiger partial charge in [-0.2, -0.15) is 0 Å². The third-order valence-electron chi connectivity index (χ3n) is 2.55. The number of hydrogen-bond acceptors (Lipinski definition) is 2. The van der Waals surface area contributed by atoms with Gasteiger partial charge in [-0.05, 0) is 26.3 Å². The molecule has 0 heterocycles. The van der Waals surface area contributed by atoms with E-state index >= 15 is 0 Å². The summed E-state index contributed by atoms with van der Waals surface area (Å²) >= 11 is 0. The molecule has 0 aromatic rings. The lowest BCUT2D eigenvalue weighted by Crippen LogP contribution is -2.40. The Balaban J connectivity index is 4.25. The van der Waals surface area contributed by atoms with Crippen LogP contribution >= 0.6 is 0 Å². The number of hydrogen-bond donors (Lipinski definition) is 0. The van der Waals surface area contributed by atoms with Crippen LogP contribution in [0.3, 0.4) is 0 Å². The van der Waals surface area contributed by atoms with Crippen LogP contribution < -0.4 is 0 Å². The molecule has 0 bridgehead atoms. The molecule has 0 radical (unpaired) electrons. The minimum atomic E-state index is -1.96. The lowest BCUT2D eigenvalue weighted by Gasteiger charge is -2.27. The zero-order valence-corrected chi connectivity index (χ0v) is 12.2. The van der Waals surface area contributed by atoms with E-state index in [1.807, 2.05) is 13.8 Å². The highest BCUT2D eigenvalue weighted by Gasteiger charge is 2.33. The second-order valence-corrected chi connectivity index (χ2v) is 7.27. The minimum absolute atomic E-state index is 0.780. The Labute approximate surface area is 102 Å². The molecule has 0 aliphatic heterocycles. The summed E-state index contributed by atoms with van der Waals surface area (Å²) in [6.45, 7) is 7.04. The normalized spacial score (nSPS) is 16.0. The van der Waals surface area contributed by atoms with Crippen LogP contribution in [0.5, 0.6) is 0 Å². The van der Waals surface area contributed by atoms with Crippen LogP contribution in [-0.4, -0.2) is 22.3 Å². The van der Waals surface area contributed by atoms with Gasteiger partial charge in [-0.15, -0.1) is 0 Å². The molecule has 0 amide bonds. The average molecular weight is 242 g/mol. The first-order valence-electron chi connectivity index (χ1n) is 6.16. The monoisotopic (exact) mass is 242 g/mol. The fraction of sp³-hybridized carbons (Fsp3) is 0.692. The van der Waals surface area contributed by atoms with Crippen LogP contribution in [0.2, 0.25) is 12.1 Å².